The lowest BCUT2D eigenvalue weighted by Crippen LogP contribution is -2.49. The van der Waals surface area contributed by atoms with Crippen molar-refractivity contribution in [1.82, 2.24) is 10.2 Å². The fourth-order valence-electron chi connectivity index (χ4n) is 2.34. The molecule has 0 spiro atoms. The van der Waals surface area contributed by atoms with Crippen molar-refractivity contribution in [3.05, 3.63) is 29.3 Å². The van der Waals surface area contributed by atoms with Crippen LogP contribution in [-0.4, -0.2) is 56.1 Å². The molecule has 0 radical (unpaired) electrons. The van der Waals surface area contributed by atoms with Gasteiger partial charge in [-0.25, -0.2) is 0 Å². The summed E-state index contributed by atoms with van der Waals surface area (Å²) in [5.41, 5.74) is 2.93. The maximum Gasteiger partial charge on any atom is 0.253 e. The van der Waals surface area contributed by atoms with Gasteiger partial charge in [-0.3, -0.25) is 9.59 Å². The fourth-order valence-corrected chi connectivity index (χ4v) is 2.34. The summed E-state index contributed by atoms with van der Waals surface area (Å²) in [7, 11) is 1.61. The quantitative estimate of drug-likeness (QED) is 0.860. The van der Waals surface area contributed by atoms with Crippen molar-refractivity contribution in [2.24, 2.45) is 0 Å². The lowest BCUT2D eigenvalue weighted by Gasteiger charge is -2.27. The second kappa shape index (κ2) is 8.86. The number of hydrogen-bond donors (Lipinski definition) is 2. The van der Waals surface area contributed by atoms with Gasteiger partial charge in [0.15, 0.2) is 0 Å². The number of aryl methyl sites for hydroxylation is 1. The van der Waals surface area contributed by atoms with Gasteiger partial charge in [0.2, 0.25) is 5.91 Å². The number of likely N-dealkylation sites (N-methyl/N-ethyl adjacent to an activating group) is 1. The number of carbonyl (C=O) groups is 2. The van der Waals surface area contributed by atoms with E-state index in [2.05, 4.69) is 10.6 Å². The van der Waals surface area contributed by atoms with Crippen molar-refractivity contribution < 1.29 is 14.3 Å². The first kappa shape index (κ1) is 19.4. The highest BCUT2D eigenvalue weighted by molar-refractivity contribution is 5.95. The van der Waals surface area contributed by atoms with E-state index in [0.29, 0.717) is 13.2 Å². The summed E-state index contributed by atoms with van der Waals surface area (Å²) >= 11 is 0. The van der Waals surface area contributed by atoms with Gasteiger partial charge in [-0.2, -0.15) is 0 Å². The summed E-state index contributed by atoms with van der Waals surface area (Å²) < 4.78 is 5.41. The predicted octanol–water partition coefficient (Wildman–Crippen LogP) is 1.11. The lowest BCUT2D eigenvalue weighted by atomic mass is 10.1. The summed E-state index contributed by atoms with van der Waals surface area (Å²) in [5, 5.41) is 5.95. The Balaban J connectivity index is 0.00000264. The number of halogens is 1. The van der Waals surface area contributed by atoms with Crippen LogP contribution in [0.15, 0.2) is 18.2 Å². The van der Waals surface area contributed by atoms with Crippen LogP contribution in [0.1, 0.15) is 11.1 Å². The maximum atomic E-state index is 12.2. The predicted molar refractivity (Wildman–Crippen MR) is 92.0 cm³/mol. The van der Waals surface area contributed by atoms with Gasteiger partial charge in [-0.1, -0.05) is 12.1 Å². The average molecular weight is 342 g/mol. The molecular weight excluding hydrogens is 318 g/mol. The topological polar surface area (TPSA) is 70.7 Å². The first-order valence-corrected chi connectivity index (χ1v) is 7.42. The van der Waals surface area contributed by atoms with Crippen LogP contribution in [-0.2, 0) is 14.3 Å². The molecule has 0 aromatic heterocycles. The third kappa shape index (κ3) is 5.20. The van der Waals surface area contributed by atoms with E-state index in [0.717, 1.165) is 23.4 Å². The van der Waals surface area contributed by atoms with Gasteiger partial charge in [0.1, 0.15) is 6.10 Å². The number of morpholine rings is 1. The van der Waals surface area contributed by atoms with E-state index in [4.69, 9.17) is 4.74 Å². The molecule has 0 bridgehead atoms. The molecule has 1 atom stereocenters. The average Bonchev–Trinajstić information content (AvgIpc) is 2.52. The number of nitrogens with zero attached hydrogens (tertiary/aromatic N) is 1. The molecule has 1 saturated heterocycles. The van der Waals surface area contributed by atoms with E-state index in [1.165, 1.54) is 4.90 Å². The van der Waals surface area contributed by atoms with Crippen LogP contribution in [0, 0.1) is 13.8 Å². The molecule has 128 valence electrons. The van der Waals surface area contributed by atoms with Gasteiger partial charge in [-0.05, 0) is 31.0 Å². The van der Waals surface area contributed by atoms with E-state index < -0.39 is 6.10 Å². The lowest BCUT2D eigenvalue weighted by molar-refractivity contribution is -0.145. The summed E-state index contributed by atoms with van der Waals surface area (Å²) in [5.74, 6) is -0.392. The highest BCUT2D eigenvalue weighted by Gasteiger charge is 2.25. The van der Waals surface area contributed by atoms with Crippen molar-refractivity contribution in [2.75, 3.05) is 38.6 Å². The second-order valence-corrected chi connectivity index (χ2v) is 5.55. The minimum atomic E-state index is -0.507. The molecule has 0 saturated carbocycles. The molecule has 1 aromatic rings. The summed E-state index contributed by atoms with van der Waals surface area (Å²) in [6, 6.07) is 5.75. The number of amides is 2. The summed E-state index contributed by atoms with van der Waals surface area (Å²) in [6.45, 7) is 5.71. The Morgan fingerprint density at radius 2 is 2.13 bits per heavy atom. The molecule has 1 aliphatic rings. The number of rotatable bonds is 4. The van der Waals surface area contributed by atoms with Crippen molar-refractivity contribution in [3.63, 3.8) is 0 Å². The molecule has 23 heavy (non-hydrogen) atoms. The smallest absolute Gasteiger partial charge is 0.253 e. The number of anilines is 1. The molecule has 1 fully saturated rings. The molecule has 2 amide bonds. The Kier molecular flexibility index (Phi) is 7.48. The standard InChI is InChI=1S/C16H23N3O3.ClH/c1-11-5-4-6-13(12(11)2)18-15(20)10-19(3)16(21)14-9-17-7-8-22-14;/h4-6,14,17H,7-10H2,1-3H3,(H,18,20);1H. The maximum absolute atomic E-state index is 12.2. The molecule has 2 N–H and O–H groups in total. The van der Waals surface area contributed by atoms with Crippen molar-refractivity contribution in [3.8, 4) is 0 Å². The van der Waals surface area contributed by atoms with Crippen molar-refractivity contribution in [1.29, 1.82) is 0 Å². The SMILES string of the molecule is Cc1cccc(NC(=O)CN(C)C(=O)C2CNCCO2)c1C.Cl. The normalized spacial score (nSPS) is 17.1. The monoisotopic (exact) mass is 341 g/mol. The third-order valence-corrected chi connectivity index (χ3v) is 3.84. The Morgan fingerprint density at radius 3 is 2.78 bits per heavy atom. The van der Waals surface area contributed by atoms with Crippen LogP contribution in [0.5, 0.6) is 0 Å². The van der Waals surface area contributed by atoms with Crippen LogP contribution < -0.4 is 10.6 Å². The number of carbonyl (C=O) groups excluding carboxylic acids is 2. The van der Waals surface area contributed by atoms with E-state index in [1.807, 2.05) is 32.0 Å². The highest BCUT2D eigenvalue weighted by atomic mass is 35.5. The molecular formula is C16H24ClN3O3. The minimum absolute atomic E-state index is 0. The molecule has 0 aliphatic carbocycles. The molecule has 2 rings (SSSR count). The highest BCUT2D eigenvalue weighted by Crippen LogP contribution is 2.17. The summed E-state index contributed by atoms with van der Waals surface area (Å²) in [6.07, 6.45) is -0.507. The van der Waals surface area contributed by atoms with Crippen LogP contribution >= 0.6 is 12.4 Å². The molecule has 1 aliphatic heterocycles. The zero-order valence-corrected chi connectivity index (χ0v) is 14.5. The van der Waals surface area contributed by atoms with Gasteiger partial charge in [0.05, 0.1) is 13.2 Å². The molecule has 7 heteroatoms. The first-order chi connectivity index (χ1) is 10.5. The van der Waals surface area contributed by atoms with Crippen molar-refractivity contribution in [2.45, 2.75) is 20.0 Å². The van der Waals surface area contributed by atoms with Crippen LogP contribution in [0.3, 0.4) is 0 Å². The molecule has 6 nitrogen and oxygen atoms in total. The van der Waals surface area contributed by atoms with Gasteiger partial charge in [-0.15, -0.1) is 12.4 Å². The zero-order chi connectivity index (χ0) is 16.1. The first-order valence-electron chi connectivity index (χ1n) is 7.42. The number of nitrogens with one attached hydrogen (secondary N) is 2. The third-order valence-electron chi connectivity index (χ3n) is 3.84. The van der Waals surface area contributed by atoms with Gasteiger partial charge in [0, 0.05) is 25.8 Å². The Hall–Kier alpha value is -1.63. The molecule has 1 heterocycles. The van der Waals surface area contributed by atoms with E-state index >= 15 is 0 Å². The van der Waals surface area contributed by atoms with E-state index in [-0.39, 0.29) is 30.8 Å². The largest absolute Gasteiger partial charge is 0.366 e. The Bertz CT molecular complexity index is 560. The fraction of sp³-hybridized carbons (Fsp3) is 0.500. The van der Waals surface area contributed by atoms with E-state index in [1.54, 1.807) is 7.05 Å². The Labute approximate surface area is 143 Å². The van der Waals surface area contributed by atoms with Crippen molar-refractivity contribution >= 4 is 29.9 Å². The molecule has 1 unspecified atom stereocenters. The molecule has 1 aromatic carbocycles. The zero-order valence-electron chi connectivity index (χ0n) is 13.7. The van der Waals surface area contributed by atoms with Gasteiger partial charge >= 0.3 is 0 Å². The van der Waals surface area contributed by atoms with Gasteiger partial charge in [0.25, 0.3) is 5.91 Å². The van der Waals surface area contributed by atoms with Crippen LogP contribution in [0.2, 0.25) is 0 Å². The second-order valence-electron chi connectivity index (χ2n) is 5.55. The number of hydrogen-bond acceptors (Lipinski definition) is 4. The van der Waals surface area contributed by atoms with Crippen LogP contribution in [0.25, 0.3) is 0 Å². The Morgan fingerprint density at radius 1 is 1.39 bits per heavy atom. The van der Waals surface area contributed by atoms with E-state index in [9.17, 15) is 9.59 Å². The van der Waals surface area contributed by atoms with Gasteiger partial charge < -0.3 is 20.3 Å². The number of benzene rings is 1. The minimum Gasteiger partial charge on any atom is -0.366 e. The van der Waals surface area contributed by atoms with Crippen LogP contribution in [0.4, 0.5) is 5.69 Å². The summed E-state index contributed by atoms with van der Waals surface area (Å²) in [4.78, 5) is 25.7. The number of ether oxygens (including phenoxy) is 1.